The van der Waals surface area contributed by atoms with Crippen LogP contribution in [0.5, 0.6) is 0 Å². The molecule has 3 rings (SSSR count). The van der Waals surface area contributed by atoms with Gasteiger partial charge in [0, 0.05) is 12.6 Å². The van der Waals surface area contributed by atoms with Crippen molar-refractivity contribution in [3.05, 3.63) is 47.4 Å². The number of nitrogens with zero attached hydrogens (tertiary/aromatic N) is 2. The molecule has 1 aromatic heterocycles. The van der Waals surface area contributed by atoms with Gasteiger partial charge >= 0.3 is 0 Å². The van der Waals surface area contributed by atoms with Crippen molar-refractivity contribution in [2.24, 2.45) is 5.73 Å². The molecule has 1 unspecified atom stereocenters. The van der Waals surface area contributed by atoms with Crippen LogP contribution in [0, 0.1) is 5.82 Å². The molecule has 6 nitrogen and oxygen atoms in total. The smallest absolute Gasteiger partial charge is 0.235 e. The molecular weight excluding hydrogens is 359 g/mol. The topological polar surface area (TPSA) is 94.0 Å². The molecule has 0 radical (unpaired) electrons. The van der Waals surface area contributed by atoms with Crippen LogP contribution >= 0.6 is 12.4 Å². The zero-order valence-electron chi connectivity index (χ0n) is 14.5. The first kappa shape index (κ1) is 20.3. The number of nitrogens with one attached hydrogen (secondary N) is 1. The number of carbonyl (C=O) groups is 1. The maximum atomic E-state index is 13.1. The van der Waals surface area contributed by atoms with Gasteiger partial charge in [0.25, 0.3) is 0 Å². The summed E-state index contributed by atoms with van der Waals surface area (Å²) in [4.78, 5) is 16.4. The second-order valence-electron chi connectivity index (χ2n) is 6.47. The fourth-order valence-electron chi connectivity index (χ4n) is 3.22. The van der Waals surface area contributed by atoms with E-state index in [1.165, 1.54) is 18.6 Å². The predicted octanol–water partition coefficient (Wildman–Crippen LogP) is 2.71. The van der Waals surface area contributed by atoms with E-state index in [1.54, 1.807) is 12.1 Å². The molecule has 1 aliphatic carbocycles. The van der Waals surface area contributed by atoms with Gasteiger partial charge in [0.2, 0.25) is 11.8 Å². The molecule has 1 amide bonds. The minimum Gasteiger partial charge on any atom is -0.353 e. The van der Waals surface area contributed by atoms with Crippen molar-refractivity contribution >= 4 is 18.3 Å². The number of hydrogen-bond acceptors (Lipinski definition) is 5. The molecule has 1 aliphatic rings. The third-order valence-electron chi connectivity index (χ3n) is 4.58. The van der Waals surface area contributed by atoms with Crippen LogP contribution in [0.15, 0.2) is 28.8 Å². The molecule has 0 aliphatic heterocycles. The van der Waals surface area contributed by atoms with E-state index in [0.29, 0.717) is 11.7 Å². The van der Waals surface area contributed by atoms with Crippen LogP contribution in [-0.4, -0.2) is 28.6 Å². The fourth-order valence-corrected chi connectivity index (χ4v) is 3.22. The van der Waals surface area contributed by atoms with E-state index in [4.69, 9.17) is 10.3 Å². The molecule has 1 aromatic carbocycles. The van der Waals surface area contributed by atoms with E-state index in [1.807, 2.05) is 0 Å². The highest BCUT2D eigenvalue weighted by atomic mass is 35.5. The predicted molar refractivity (Wildman–Crippen MR) is 97.6 cm³/mol. The number of carbonyl (C=O) groups excluding carboxylic acids is 1. The van der Waals surface area contributed by atoms with Gasteiger partial charge in [-0.15, -0.1) is 12.4 Å². The molecule has 0 spiro atoms. The van der Waals surface area contributed by atoms with Gasteiger partial charge in [0.1, 0.15) is 5.82 Å². The van der Waals surface area contributed by atoms with Gasteiger partial charge in [0.05, 0.1) is 12.3 Å². The zero-order chi connectivity index (χ0) is 17.6. The van der Waals surface area contributed by atoms with Crippen LogP contribution in [-0.2, 0) is 11.2 Å². The van der Waals surface area contributed by atoms with Gasteiger partial charge in [-0.1, -0.05) is 36.6 Å². The van der Waals surface area contributed by atoms with Crippen molar-refractivity contribution in [1.29, 1.82) is 0 Å². The first-order chi connectivity index (χ1) is 12.2. The molecule has 0 saturated heterocycles. The van der Waals surface area contributed by atoms with Gasteiger partial charge in [0.15, 0.2) is 5.82 Å². The van der Waals surface area contributed by atoms with E-state index < -0.39 is 0 Å². The van der Waals surface area contributed by atoms with Crippen LogP contribution in [0.1, 0.15) is 55.3 Å². The molecular formula is C18H24ClFN4O2. The van der Waals surface area contributed by atoms with E-state index in [9.17, 15) is 9.18 Å². The third kappa shape index (κ3) is 5.25. The van der Waals surface area contributed by atoms with Crippen LogP contribution in [0.25, 0.3) is 0 Å². The van der Waals surface area contributed by atoms with Crippen LogP contribution in [0.4, 0.5) is 4.39 Å². The SMILES string of the molecule is Cl.NCC(c1ccc(F)cc1)c1nc(CC(=O)NC2CCCCC2)no1. The summed E-state index contributed by atoms with van der Waals surface area (Å²) in [5, 5.41) is 6.92. The Balaban J connectivity index is 0.00000243. The second kappa shape index (κ2) is 9.64. The number of rotatable bonds is 6. The van der Waals surface area contributed by atoms with Crippen molar-refractivity contribution in [1.82, 2.24) is 15.5 Å². The quantitative estimate of drug-likeness (QED) is 0.801. The largest absolute Gasteiger partial charge is 0.353 e. The summed E-state index contributed by atoms with van der Waals surface area (Å²) in [5.74, 6) is -0.0443. The number of aromatic nitrogens is 2. The second-order valence-corrected chi connectivity index (χ2v) is 6.47. The molecule has 2 aromatic rings. The summed E-state index contributed by atoms with van der Waals surface area (Å²) in [6.45, 7) is 0.252. The standard InChI is InChI=1S/C18H23FN4O2.ClH/c19-13-8-6-12(7-9-13)15(11-20)18-22-16(23-25-18)10-17(24)21-14-4-2-1-3-5-14;/h6-9,14-15H,1-5,10-11,20H2,(H,21,24);1H. The number of halogens is 2. The van der Waals surface area contributed by atoms with E-state index in [-0.39, 0.29) is 49.1 Å². The summed E-state index contributed by atoms with van der Waals surface area (Å²) in [6, 6.07) is 6.28. The van der Waals surface area contributed by atoms with Gasteiger partial charge < -0.3 is 15.6 Å². The highest BCUT2D eigenvalue weighted by molar-refractivity contribution is 5.85. The normalized spacial score (nSPS) is 15.9. The third-order valence-corrected chi connectivity index (χ3v) is 4.58. The van der Waals surface area contributed by atoms with Crippen molar-refractivity contribution in [3.63, 3.8) is 0 Å². The van der Waals surface area contributed by atoms with Crippen LogP contribution < -0.4 is 11.1 Å². The summed E-state index contributed by atoms with van der Waals surface area (Å²) in [5.41, 5.74) is 6.61. The Hall–Kier alpha value is -1.99. The zero-order valence-corrected chi connectivity index (χ0v) is 15.3. The lowest BCUT2D eigenvalue weighted by Gasteiger charge is -2.22. The van der Waals surface area contributed by atoms with Gasteiger partial charge in [-0.25, -0.2) is 4.39 Å². The molecule has 1 atom stereocenters. The monoisotopic (exact) mass is 382 g/mol. The molecule has 1 fully saturated rings. The number of amides is 1. The Morgan fingerprint density at radius 3 is 2.62 bits per heavy atom. The first-order valence-corrected chi connectivity index (χ1v) is 8.73. The lowest BCUT2D eigenvalue weighted by Crippen LogP contribution is -2.37. The Morgan fingerprint density at radius 2 is 1.96 bits per heavy atom. The summed E-state index contributed by atoms with van der Waals surface area (Å²) in [7, 11) is 0. The average Bonchev–Trinajstić information content (AvgIpc) is 3.06. The first-order valence-electron chi connectivity index (χ1n) is 8.73. The highest BCUT2D eigenvalue weighted by Crippen LogP contribution is 2.22. The minimum absolute atomic E-state index is 0. The summed E-state index contributed by atoms with van der Waals surface area (Å²) in [6.07, 6.45) is 5.71. The molecule has 8 heteroatoms. The molecule has 3 N–H and O–H groups in total. The highest BCUT2D eigenvalue weighted by Gasteiger charge is 2.22. The van der Waals surface area contributed by atoms with Gasteiger partial charge in [-0.05, 0) is 30.5 Å². The maximum absolute atomic E-state index is 13.1. The lowest BCUT2D eigenvalue weighted by molar-refractivity contribution is -0.121. The van der Waals surface area contributed by atoms with Gasteiger partial charge in [-0.2, -0.15) is 4.98 Å². The van der Waals surface area contributed by atoms with Crippen molar-refractivity contribution < 1.29 is 13.7 Å². The van der Waals surface area contributed by atoms with Crippen LogP contribution in [0.2, 0.25) is 0 Å². The summed E-state index contributed by atoms with van der Waals surface area (Å²) >= 11 is 0. The molecule has 26 heavy (non-hydrogen) atoms. The fraction of sp³-hybridized carbons (Fsp3) is 0.500. The average molecular weight is 383 g/mol. The van der Waals surface area contributed by atoms with E-state index in [2.05, 4.69) is 15.5 Å². The Labute approximate surface area is 158 Å². The summed E-state index contributed by atoms with van der Waals surface area (Å²) < 4.78 is 18.3. The minimum atomic E-state index is -0.316. The number of nitrogens with two attached hydrogens (primary N) is 1. The van der Waals surface area contributed by atoms with Crippen molar-refractivity contribution in [2.45, 2.75) is 50.5 Å². The van der Waals surface area contributed by atoms with E-state index in [0.717, 1.165) is 31.2 Å². The van der Waals surface area contributed by atoms with Crippen molar-refractivity contribution in [2.75, 3.05) is 6.54 Å². The molecule has 1 saturated carbocycles. The number of benzene rings is 1. The van der Waals surface area contributed by atoms with Crippen molar-refractivity contribution in [3.8, 4) is 0 Å². The Kier molecular flexibility index (Phi) is 7.53. The molecule has 1 heterocycles. The maximum Gasteiger partial charge on any atom is 0.235 e. The lowest BCUT2D eigenvalue weighted by atomic mass is 9.95. The van der Waals surface area contributed by atoms with Gasteiger partial charge in [-0.3, -0.25) is 4.79 Å². The van der Waals surface area contributed by atoms with E-state index >= 15 is 0 Å². The Morgan fingerprint density at radius 1 is 1.27 bits per heavy atom. The molecule has 142 valence electrons. The number of hydrogen-bond donors (Lipinski definition) is 2. The van der Waals surface area contributed by atoms with Crippen LogP contribution in [0.3, 0.4) is 0 Å². The molecule has 0 bridgehead atoms. The Bertz CT molecular complexity index is 701.